The summed E-state index contributed by atoms with van der Waals surface area (Å²) in [5, 5.41) is 3.79. The van der Waals surface area contributed by atoms with Crippen LogP contribution in [0.5, 0.6) is 0 Å². The molecular formula is C18H27N3O3S2. The van der Waals surface area contributed by atoms with E-state index >= 15 is 0 Å². The van der Waals surface area contributed by atoms with E-state index in [2.05, 4.69) is 19.2 Å². The van der Waals surface area contributed by atoms with Crippen LogP contribution in [0, 0.1) is 19.8 Å². The lowest BCUT2D eigenvalue weighted by Crippen LogP contribution is -2.34. The van der Waals surface area contributed by atoms with Crippen LogP contribution in [0.4, 0.5) is 0 Å². The van der Waals surface area contributed by atoms with Gasteiger partial charge in [0.2, 0.25) is 5.91 Å². The summed E-state index contributed by atoms with van der Waals surface area (Å²) < 4.78 is 6.67. The SMILES string of the molecule is COCCNC(=O)[C@H](C)Sc1nc2sc(C)c(C)c2c(=O)n1CC(C)C. The van der Waals surface area contributed by atoms with Gasteiger partial charge in [-0.1, -0.05) is 25.6 Å². The Balaban J connectivity index is 2.38. The molecule has 0 bridgehead atoms. The Hall–Kier alpha value is -1.38. The van der Waals surface area contributed by atoms with Crippen LogP contribution < -0.4 is 10.9 Å². The smallest absolute Gasteiger partial charge is 0.263 e. The Morgan fingerprint density at radius 1 is 1.35 bits per heavy atom. The molecule has 0 fully saturated rings. The Kier molecular flexibility index (Phi) is 7.25. The average molecular weight is 398 g/mol. The van der Waals surface area contributed by atoms with Gasteiger partial charge in [0.25, 0.3) is 5.56 Å². The normalized spacial score (nSPS) is 12.7. The zero-order chi connectivity index (χ0) is 19.4. The van der Waals surface area contributed by atoms with Gasteiger partial charge in [0.15, 0.2) is 5.16 Å². The van der Waals surface area contributed by atoms with Crippen molar-refractivity contribution in [3.8, 4) is 0 Å². The minimum Gasteiger partial charge on any atom is -0.383 e. The largest absolute Gasteiger partial charge is 0.383 e. The zero-order valence-electron chi connectivity index (χ0n) is 16.2. The maximum atomic E-state index is 13.1. The highest BCUT2D eigenvalue weighted by Crippen LogP contribution is 2.30. The topological polar surface area (TPSA) is 73.2 Å². The number of carbonyl (C=O) groups is 1. The molecule has 0 radical (unpaired) electrons. The van der Waals surface area contributed by atoms with Gasteiger partial charge in [-0.15, -0.1) is 11.3 Å². The van der Waals surface area contributed by atoms with Crippen molar-refractivity contribution >= 4 is 39.2 Å². The van der Waals surface area contributed by atoms with E-state index in [9.17, 15) is 9.59 Å². The highest BCUT2D eigenvalue weighted by atomic mass is 32.2. The monoisotopic (exact) mass is 397 g/mol. The minimum absolute atomic E-state index is 0.0139. The lowest BCUT2D eigenvalue weighted by atomic mass is 10.2. The van der Waals surface area contributed by atoms with Gasteiger partial charge in [-0.3, -0.25) is 14.2 Å². The number of amides is 1. The summed E-state index contributed by atoms with van der Waals surface area (Å²) in [6.07, 6.45) is 0. The number of thioether (sulfide) groups is 1. The fourth-order valence-corrected chi connectivity index (χ4v) is 4.57. The molecule has 0 spiro atoms. The highest BCUT2D eigenvalue weighted by Gasteiger charge is 2.21. The van der Waals surface area contributed by atoms with E-state index in [1.54, 1.807) is 11.7 Å². The van der Waals surface area contributed by atoms with Crippen LogP contribution in [0.1, 0.15) is 31.2 Å². The Bertz CT molecular complexity index is 842. The molecule has 0 aliphatic rings. The second kappa shape index (κ2) is 9.01. The second-order valence-corrected chi connectivity index (χ2v) is 9.22. The molecule has 0 aliphatic heterocycles. The lowest BCUT2D eigenvalue weighted by molar-refractivity contribution is -0.120. The molecule has 1 N–H and O–H groups in total. The van der Waals surface area contributed by atoms with Crippen molar-refractivity contribution in [2.75, 3.05) is 20.3 Å². The fourth-order valence-electron chi connectivity index (χ4n) is 2.56. The number of ether oxygens (including phenoxy) is 1. The zero-order valence-corrected chi connectivity index (χ0v) is 17.8. The Morgan fingerprint density at radius 3 is 2.65 bits per heavy atom. The predicted octanol–water partition coefficient (Wildman–Crippen LogP) is 2.97. The fraction of sp³-hybridized carbons (Fsp3) is 0.611. The lowest BCUT2D eigenvalue weighted by Gasteiger charge is -2.17. The quantitative estimate of drug-likeness (QED) is 0.421. The third-order valence-corrected chi connectivity index (χ3v) is 6.25. The summed E-state index contributed by atoms with van der Waals surface area (Å²) in [4.78, 5) is 31.9. The Morgan fingerprint density at radius 2 is 2.04 bits per heavy atom. The third-order valence-electron chi connectivity index (χ3n) is 4.06. The van der Waals surface area contributed by atoms with E-state index in [0.717, 1.165) is 15.3 Å². The van der Waals surface area contributed by atoms with Gasteiger partial charge in [-0.2, -0.15) is 0 Å². The molecule has 2 aromatic heterocycles. The number of fused-ring (bicyclic) bond motifs is 1. The number of methoxy groups -OCH3 is 1. The molecule has 2 heterocycles. The maximum absolute atomic E-state index is 13.1. The second-order valence-electron chi connectivity index (χ2n) is 6.71. The van der Waals surface area contributed by atoms with E-state index < -0.39 is 0 Å². The van der Waals surface area contributed by atoms with Crippen LogP contribution >= 0.6 is 23.1 Å². The van der Waals surface area contributed by atoms with Crippen molar-refractivity contribution in [3.63, 3.8) is 0 Å². The van der Waals surface area contributed by atoms with Crippen LogP contribution in [-0.2, 0) is 16.1 Å². The molecule has 2 rings (SSSR count). The third kappa shape index (κ3) is 4.66. The number of aryl methyl sites for hydroxylation is 2. The number of rotatable bonds is 8. The average Bonchev–Trinajstić information content (AvgIpc) is 2.85. The molecule has 26 heavy (non-hydrogen) atoms. The number of hydrogen-bond acceptors (Lipinski definition) is 6. The molecule has 0 saturated heterocycles. The van der Waals surface area contributed by atoms with Crippen molar-refractivity contribution in [1.29, 1.82) is 0 Å². The highest BCUT2D eigenvalue weighted by molar-refractivity contribution is 8.00. The van der Waals surface area contributed by atoms with Gasteiger partial charge >= 0.3 is 0 Å². The summed E-state index contributed by atoms with van der Waals surface area (Å²) >= 11 is 2.86. The number of nitrogens with one attached hydrogen (secondary N) is 1. The number of hydrogen-bond donors (Lipinski definition) is 1. The predicted molar refractivity (Wildman–Crippen MR) is 108 cm³/mol. The molecule has 2 aromatic rings. The molecule has 1 amide bonds. The van der Waals surface area contributed by atoms with Crippen LogP contribution in [0.2, 0.25) is 0 Å². The van der Waals surface area contributed by atoms with E-state index in [4.69, 9.17) is 9.72 Å². The van der Waals surface area contributed by atoms with Crippen LogP contribution in [0.25, 0.3) is 10.2 Å². The maximum Gasteiger partial charge on any atom is 0.263 e. The van der Waals surface area contributed by atoms with Gasteiger partial charge in [0, 0.05) is 25.1 Å². The molecule has 0 saturated carbocycles. The van der Waals surface area contributed by atoms with Crippen molar-refractivity contribution in [3.05, 3.63) is 20.8 Å². The first-order valence-electron chi connectivity index (χ1n) is 8.70. The van der Waals surface area contributed by atoms with E-state index in [1.807, 2.05) is 20.8 Å². The first kappa shape index (κ1) is 20.9. The minimum atomic E-state index is -0.350. The number of thiophene rings is 1. The number of nitrogens with zero attached hydrogens (tertiary/aromatic N) is 2. The van der Waals surface area contributed by atoms with Crippen LogP contribution in [-0.4, -0.2) is 41.0 Å². The molecule has 8 heteroatoms. The van der Waals surface area contributed by atoms with Gasteiger partial charge in [0.05, 0.1) is 17.2 Å². The molecule has 144 valence electrons. The van der Waals surface area contributed by atoms with Gasteiger partial charge in [-0.25, -0.2) is 4.98 Å². The number of carbonyl (C=O) groups excluding carboxylic acids is 1. The van der Waals surface area contributed by atoms with Crippen molar-refractivity contribution in [2.45, 2.75) is 51.6 Å². The van der Waals surface area contributed by atoms with Crippen molar-refractivity contribution < 1.29 is 9.53 Å². The summed E-state index contributed by atoms with van der Waals surface area (Å²) in [6, 6.07) is 0. The van der Waals surface area contributed by atoms with Gasteiger partial charge in [0.1, 0.15) is 4.83 Å². The van der Waals surface area contributed by atoms with Gasteiger partial charge < -0.3 is 10.1 Å². The first-order valence-corrected chi connectivity index (χ1v) is 10.4. The summed E-state index contributed by atoms with van der Waals surface area (Å²) in [5.74, 6) is 0.216. The van der Waals surface area contributed by atoms with Crippen LogP contribution in [0.3, 0.4) is 0 Å². The van der Waals surface area contributed by atoms with Crippen molar-refractivity contribution in [1.82, 2.24) is 14.9 Å². The summed E-state index contributed by atoms with van der Waals surface area (Å²) in [7, 11) is 1.60. The summed E-state index contributed by atoms with van der Waals surface area (Å²) in [5.41, 5.74) is 0.988. The summed E-state index contributed by atoms with van der Waals surface area (Å²) in [6.45, 7) is 11.5. The molecule has 0 aromatic carbocycles. The standard InChI is InChI=1S/C18H27N3O3S2/c1-10(2)9-21-17(23)14-11(3)12(4)25-16(14)20-18(21)26-13(5)15(22)19-7-8-24-6/h10,13H,7-9H2,1-6H3,(H,19,22)/t13-/m0/s1. The van der Waals surface area contributed by atoms with Crippen molar-refractivity contribution in [2.24, 2.45) is 5.92 Å². The van der Waals surface area contributed by atoms with Crippen LogP contribution in [0.15, 0.2) is 9.95 Å². The molecule has 0 unspecified atom stereocenters. The molecule has 0 aliphatic carbocycles. The van der Waals surface area contributed by atoms with E-state index in [1.165, 1.54) is 23.1 Å². The molecule has 1 atom stereocenters. The van der Waals surface area contributed by atoms with E-state index in [0.29, 0.717) is 36.2 Å². The first-order chi connectivity index (χ1) is 12.3. The van der Waals surface area contributed by atoms with E-state index in [-0.39, 0.29) is 16.7 Å². The molecule has 6 nitrogen and oxygen atoms in total. The Labute approximate surface area is 162 Å². The van der Waals surface area contributed by atoms with Gasteiger partial charge in [-0.05, 0) is 32.3 Å². The number of aromatic nitrogens is 2. The molecular weight excluding hydrogens is 370 g/mol.